The summed E-state index contributed by atoms with van der Waals surface area (Å²) in [7, 11) is 0. The number of hydrogen-bond donors (Lipinski definition) is 1. The van der Waals surface area contributed by atoms with E-state index in [2.05, 4.69) is 16.1 Å². The Balaban J connectivity index is 1.87. The number of nitrogens with zero attached hydrogens (tertiary/aromatic N) is 2. The van der Waals surface area contributed by atoms with Crippen LogP contribution in [0.25, 0.3) is 0 Å². The molecule has 0 atom stereocenters. The molecule has 82 valence electrons. The standard InChI is InChI=1S/C10H13ClN2OS/c11-10-2-1-9(15-10)7-13-5-3-8(12-14)4-6-13/h1-2,14H,3-7H2. The predicted octanol–water partition coefficient (Wildman–Crippen LogP) is 2.83. The largest absolute Gasteiger partial charge is 0.411 e. The van der Waals surface area contributed by atoms with Crippen LogP contribution in [0.2, 0.25) is 4.34 Å². The number of rotatable bonds is 2. The van der Waals surface area contributed by atoms with Gasteiger partial charge in [0, 0.05) is 37.4 Å². The van der Waals surface area contributed by atoms with Crippen molar-refractivity contribution in [2.45, 2.75) is 19.4 Å². The summed E-state index contributed by atoms with van der Waals surface area (Å²) in [5.74, 6) is 0. The van der Waals surface area contributed by atoms with Gasteiger partial charge in [0.2, 0.25) is 0 Å². The Morgan fingerprint density at radius 3 is 2.67 bits per heavy atom. The summed E-state index contributed by atoms with van der Waals surface area (Å²) in [6.45, 7) is 2.89. The minimum Gasteiger partial charge on any atom is -0.411 e. The highest BCUT2D eigenvalue weighted by Crippen LogP contribution is 2.23. The normalized spacial score (nSPS) is 18.1. The smallest absolute Gasteiger partial charge is 0.0931 e. The lowest BCUT2D eigenvalue weighted by Crippen LogP contribution is -2.33. The average Bonchev–Trinajstić information content (AvgIpc) is 2.65. The zero-order chi connectivity index (χ0) is 10.7. The molecule has 0 radical (unpaired) electrons. The van der Waals surface area contributed by atoms with Crippen molar-refractivity contribution in [3.8, 4) is 0 Å². The van der Waals surface area contributed by atoms with Gasteiger partial charge in [-0.3, -0.25) is 4.90 Å². The van der Waals surface area contributed by atoms with Crippen LogP contribution in [0, 0.1) is 0 Å². The van der Waals surface area contributed by atoms with Gasteiger partial charge in [-0.05, 0) is 12.1 Å². The van der Waals surface area contributed by atoms with Crippen LogP contribution in [0.5, 0.6) is 0 Å². The molecular formula is C10H13ClN2OS. The third-order valence-corrected chi connectivity index (χ3v) is 3.80. The van der Waals surface area contributed by atoms with Crippen LogP contribution in [-0.2, 0) is 6.54 Å². The van der Waals surface area contributed by atoms with Gasteiger partial charge in [0.1, 0.15) is 0 Å². The van der Waals surface area contributed by atoms with E-state index in [4.69, 9.17) is 16.8 Å². The molecule has 1 aliphatic rings. The van der Waals surface area contributed by atoms with E-state index in [1.165, 1.54) is 4.88 Å². The number of thiophene rings is 1. The maximum atomic E-state index is 8.62. The molecular weight excluding hydrogens is 232 g/mol. The topological polar surface area (TPSA) is 35.8 Å². The second-order valence-corrected chi connectivity index (χ2v) is 5.45. The van der Waals surface area contributed by atoms with Crippen LogP contribution in [0.4, 0.5) is 0 Å². The van der Waals surface area contributed by atoms with Gasteiger partial charge in [0.05, 0.1) is 10.0 Å². The van der Waals surface area contributed by atoms with Gasteiger partial charge in [0.25, 0.3) is 0 Å². The first-order chi connectivity index (χ1) is 7.28. The van der Waals surface area contributed by atoms with Crippen molar-refractivity contribution in [3.05, 3.63) is 21.3 Å². The van der Waals surface area contributed by atoms with Crippen molar-refractivity contribution in [2.75, 3.05) is 13.1 Å². The zero-order valence-electron chi connectivity index (χ0n) is 8.32. The second kappa shape index (κ2) is 4.96. The Bertz CT molecular complexity index is 354. The number of oxime groups is 1. The van der Waals surface area contributed by atoms with E-state index >= 15 is 0 Å². The summed E-state index contributed by atoms with van der Waals surface area (Å²) < 4.78 is 0.847. The highest BCUT2D eigenvalue weighted by Gasteiger charge is 2.15. The number of likely N-dealkylation sites (tertiary alicyclic amines) is 1. The van der Waals surface area contributed by atoms with E-state index in [-0.39, 0.29) is 0 Å². The van der Waals surface area contributed by atoms with E-state index in [9.17, 15) is 0 Å². The maximum absolute atomic E-state index is 8.62. The number of halogens is 1. The lowest BCUT2D eigenvalue weighted by Gasteiger charge is -2.26. The van der Waals surface area contributed by atoms with E-state index in [0.29, 0.717) is 0 Å². The number of hydrogen-bond acceptors (Lipinski definition) is 4. The Hall–Kier alpha value is -0.580. The molecule has 0 aliphatic carbocycles. The summed E-state index contributed by atoms with van der Waals surface area (Å²) in [4.78, 5) is 3.65. The van der Waals surface area contributed by atoms with E-state index in [1.54, 1.807) is 11.3 Å². The molecule has 1 aromatic rings. The van der Waals surface area contributed by atoms with Gasteiger partial charge in [-0.2, -0.15) is 0 Å². The molecule has 0 amide bonds. The Kier molecular flexibility index (Phi) is 3.61. The van der Waals surface area contributed by atoms with Crippen LogP contribution in [-0.4, -0.2) is 28.9 Å². The van der Waals surface area contributed by atoms with Crippen molar-refractivity contribution in [2.24, 2.45) is 5.16 Å². The maximum Gasteiger partial charge on any atom is 0.0931 e. The summed E-state index contributed by atoms with van der Waals surface area (Å²) in [6, 6.07) is 4.01. The number of piperidine rings is 1. The lowest BCUT2D eigenvalue weighted by molar-refractivity contribution is 0.258. The molecule has 1 aliphatic heterocycles. The van der Waals surface area contributed by atoms with Crippen LogP contribution in [0.1, 0.15) is 17.7 Å². The summed E-state index contributed by atoms with van der Waals surface area (Å²) >= 11 is 7.50. The van der Waals surface area contributed by atoms with Crippen molar-refractivity contribution in [1.82, 2.24) is 4.90 Å². The van der Waals surface area contributed by atoms with Crippen molar-refractivity contribution < 1.29 is 5.21 Å². The van der Waals surface area contributed by atoms with Crippen molar-refractivity contribution in [3.63, 3.8) is 0 Å². The van der Waals surface area contributed by atoms with Gasteiger partial charge < -0.3 is 5.21 Å². The highest BCUT2D eigenvalue weighted by molar-refractivity contribution is 7.16. The van der Waals surface area contributed by atoms with Crippen LogP contribution in [0.3, 0.4) is 0 Å². The fourth-order valence-electron chi connectivity index (χ4n) is 1.73. The molecule has 2 rings (SSSR count). The molecule has 15 heavy (non-hydrogen) atoms. The van der Waals surface area contributed by atoms with Crippen molar-refractivity contribution >= 4 is 28.6 Å². The molecule has 0 unspecified atom stereocenters. The molecule has 0 aromatic carbocycles. The Morgan fingerprint density at radius 1 is 1.40 bits per heavy atom. The molecule has 3 nitrogen and oxygen atoms in total. The third kappa shape index (κ3) is 2.93. The average molecular weight is 245 g/mol. The van der Waals surface area contributed by atoms with E-state index in [0.717, 1.165) is 42.5 Å². The molecule has 1 saturated heterocycles. The Morgan fingerprint density at radius 2 is 2.13 bits per heavy atom. The summed E-state index contributed by atoms with van der Waals surface area (Å²) in [6.07, 6.45) is 1.74. The van der Waals surface area contributed by atoms with Gasteiger partial charge in [-0.1, -0.05) is 16.8 Å². The van der Waals surface area contributed by atoms with Crippen molar-refractivity contribution in [1.29, 1.82) is 0 Å². The first kappa shape index (κ1) is 10.9. The van der Waals surface area contributed by atoms with Crippen LogP contribution >= 0.6 is 22.9 Å². The molecule has 0 spiro atoms. The van der Waals surface area contributed by atoms with E-state index in [1.807, 2.05) is 6.07 Å². The molecule has 1 fully saturated rings. The zero-order valence-corrected chi connectivity index (χ0v) is 9.89. The quantitative estimate of drug-likeness (QED) is 0.642. The minimum atomic E-state index is 0.847. The van der Waals surface area contributed by atoms with Gasteiger partial charge in [-0.25, -0.2) is 0 Å². The first-order valence-electron chi connectivity index (χ1n) is 4.94. The summed E-state index contributed by atoms with van der Waals surface area (Å²) in [5, 5.41) is 11.9. The molecule has 1 aromatic heterocycles. The Labute approximate surface area is 98.0 Å². The van der Waals surface area contributed by atoms with Gasteiger partial charge in [-0.15, -0.1) is 11.3 Å². The molecule has 2 heterocycles. The molecule has 0 bridgehead atoms. The summed E-state index contributed by atoms with van der Waals surface area (Å²) in [5.41, 5.74) is 0.912. The third-order valence-electron chi connectivity index (χ3n) is 2.58. The van der Waals surface area contributed by atoms with Crippen LogP contribution < -0.4 is 0 Å². The lowest BCUT2D eigenvalue weighted by atomic mass is 10.1. The van der Waals surface area contributed by atoms with Gasteiger partial charge in [0.15, 0.2) is 0 Å². The van der Waals surface area contributed by atoms with Crippen LogP contribution in [0.15, 0.2) is 17.3 Å². The highest BCUT2D eigenvalue weighted by atomic mass is 35.5. The minimum absolute atomic E-state index is 0.847. The van der Waals surface area contributed by atoms with Gasteiger partial charge >= 0.3 is 0 Å². The SMILES string of the molecule is ON=C1CCN(Cc2ccc(Cl)s2)CC1. The molecule has 0 saturated carbocycles. The molecule has 1 N–H and O–H groups in total. The predicted molar refractivity (Wildman–Crippen MR) is 63.1 cm³/mol. The second-order valence-electron chi connectivity index (χ2n) is 3.65. The monoisotopic (exact) mass is 244 g/mol. The van der Waals surface area contributed by atoms with E-state index < -0.39 is 0 Å². The fourth-order valence-corrected chi connectivity index (χ4v) is 2.86. The molecule has 5 heteroatoms. The first-order valence-corrected chi connectivity index (χ1v) is 6.14. The fraction of sp³-hybridized carbons (Fsp3) is 0.500.